The van der Waals surface area contributed by atoms with Gasteiger partial charge in [-0.1, -0.05) is 0 Å². The van der Waals surface area contributed by atoms with Crippen LogP contribution in [0.15, 0.2) is 24.4 Å². The van der Waals surface area contributed by atoms with Gasteiger partial charge < -0.3 is 9.30 Å². The molecule has 0 aliphatic rings. The van der Waals surface area contributed by atoms with Crippen LogP contribution in [0.25, 0.3) is 10.9 Å². The Morgan fingerprint density at radius 1 is 1.47 bits per heavy atom. The van der Waals surface area contributed by atoms with Gasteiger partial charge in [0.2, 0.25) is 0 Å². The van der Waals surface area contributed by atoms with E-state index in [-0.39, 0.29) is 0 Å². The van der Waals surface area contributed by atoms with Crippen molar-refractivity contribution < 1.29 is 4.74 Å². The van der Waals surface area contributed by atoms with E-state index in [0.717, 1.165) is 22.2 Å². The molecule has 0 N–H and O–H groups in total. The Bertz CT molecular complexity index is 534. The molecule has 2 rings (SSSR count). The quantitative estimate of drug-likeness (QED) is 0.745. The monoisotopic (exact) mass is 200 g/mol. The zero-order valence-corrected chi connectivity index (χ0v) is 8.82. The molecule has 0 saturated carbocycles. The minimum Gasteiger partial charge on any atom is -0.497 e. The van der Waals surface area contributed by atoms with Gasteiger partial charge in [-0.05, 0) is 23.8 Å². The number of aryl methyl sites for hydroxylation is 1. The summed E-state index contributed by atoms with van der Waals surface area (Å²) < 4.78 is 7.20. The number of hydrogen-bond donors (Lipinski definition) is 0. The standard InChI is InChI=1S/C12H12N2O/c1-14-8-9(5-6-13)11-7-10(15-2)3-4-12(11)14/h3-4,7-8H,5H2,1-2H3. The highest BCUT2D eigenvalue weighted by molar-refractivity contribution is 5.85. The Morgan fingerprint density at radius 2 is 2.27 bits per heavy atom. The first kappa shape index (κ1) is 9.60. The lowest BCUT2D eigenvalue weighted by Crippen LogP contribution is -1.85. The normalized spacial score (nSPS) is 10.2. The molecule has 0 unspecified atom stereocenters. The molecule has 3 nitrogen and oxygen atoms in total. The van der Waals surface area contributed by atoms with Crippen LogP contribution in [0.5, 0.6) is 5.75 Å². The van der Waals surface area contributed by atoms with Crippen LogP contribution >= 0.6 is 0 Å². The molecule has 3 heteroatoms. The number of methoxy groups -OCH3 is 1. The van der Waals surface area contributed by atoms with Crippen LogP contribution in [0.4, 0.5) is 0 Å². The second-order valence-electron chi connectivity index (χ2n) is 3.48. The van der Waals surface area contributed by atoms with Crippen molar-refractivity contribution in [3.63, 3.8) is 0 Å². The number of ether oxygens (including phenoxy) is 1. The molecule has 2 aromatic rings. The van der Waals surface area contributed by atoms with Gasteiger partial charge in [0.25, 0.3) is 0 Å². The maximum atomic E-state index is 8.72. The Hall–Kier alpha value is -1.95. The molecular weight excluding hydrogens is 188 g/mol. The molecule has 15 heavy (non-hydrogen) atoms. The summed E-state index contributed by atoms with van der Waals surface area (Å²) in [7, 11) is 3.63. The van der Waals surface area contributed by atoms with Gasteiger partial charge in [0.15, 0.2) is 0 Å². The molecule has 1 aromatic carbocycles. The summed E-state index contributed by atoms with van der Waals surface area (Å²) in [6.45, 7) is 0. The summed E-state index contributed by atoms with van der Waals surface area (Å²) in [6, 6.07) is 8.09. The first-order valence-corrected chi connectivity index (χ1v) is 4.75. The Labute approximate surface area is 88.5 Å². The van der Waals surface area contributed by atoms with Crippen molar-refractivity contribution >= 4 is 10.9 Å². The molecule has 0 fully saturated rings. The number of rotatable bonds is 2. The average molecular weight is 200 g/mol. The van der Waals surface area contributed by atoms with E-state index in [1.165, 1.54) is 0 Å². The van der Waals surface area contributed by atoms with Crippen LogP contribution < -0.4 is 4.74 Å². The zero-order valence-electron chi connectivity index (χ0n) is 8.82. The van der Waals surface area contributed by atoms with E-state index < -0.39 is 0 Å². The fourth-order valence-electron chi connectivity index (χ4n) is 1.81. The van der Waals surface area contributed by atoms with Crippen LogP contribution in [0.1, 0.15) is 5.56 Å². The highest BCUT2D eigenvalue weighted by Gasteiger charge is 2.06. The molecule has 0 amide bonds. The molecule has 0 aliphatic heterocycles. The van der Waals surface area contributed by atoms with Crippen LogP contribution in [0, 0.1) is 11.3 Å². The molecule has 0 bridgehead atoms. The Balaban J connectivity index is 2.67. The molecule has 76 valence electrons. The van der Waals surface area contributed by atoms with Crippen LogP contribution in [-0.2, 0) is 13.5 Å². The number of aromatic nitrogens is 1. The average Bonchev–Trinajstić information content (AvgIpc) is 2.56. The van der Waals surface area contributed by atoms with Gasteiger partial charge in [-0.25, -0.2) is 0 Å². The van der Waals surface area contributed by atoms with Gasteiger partial charge in [0.05, 0.1) is 19.6 Å². The van der Waals surface area contributed by atoms with E-state index >= 15 is 0 Å². The van der Waals surface area contributed by atoms with E-state index in [1.54, 1.807) is 7.11 Å². The van der Waals surface area contributed by atoms with Gasteiger partial charge >= 0.3 is 0 Å². The predicted octanol–water partition coefficient (Wildman–Crippen LogP) is 2.25. The summed E-state index contributed by atoms with van der Waals surface area (Å²) in [4.78, 5) is 0. The van der Waals surface area contributed by atoms with Crippen LogP contribution in [0.2, 0.25) is 0 Å². The predicted molar refractivity (Wildman–Crippen MR) is 58.8 cm³/mol. The zero-order chi connectivity index (χ0) is 10.8. The van der Waals surface area contributed by atoms with E-state index in [4.69, 9.17) is 10.00 Å². The van der Waals surface area contributed by atoms with Crippen molar-refractivity contribution in [3.8, 4) is 11.8 Å². The third-order valence-corrected chi connectivity index (χ3v) is 2.55. The van der Waals surface area contributed by atoms with E-state index in [2.05, 4.69) is 6.07 Å². The fraction of sp³-hybridized carbons (Fsp3) is 0.250. The minimum atomic E-state index is 0.435. The van der Waals surface area contributed by atoms with Gasteiger partial charge in [0, 0.05) is 24.1 Å². The molecule has 0 saturated heterocycles. The topological polar surface area (TPSA) is 37.9 Å². The van der Waals surface area contributed by atoms with E-state index in [0.29, 0.717) is 6.42 Å². The van der Waals surface area contributed by atoms with Crippen LogP contribution in [-0.4, -0.2) is 11.7 Å². The first-order valence-electron chi connectivity index (χ1n) is 4.75. The van der Waals surface area contributed by atoms with Crippen molar-refractivity contribution in [2.75, 3.05) is 7.11 Å². The number of fused-ring (bicyclic) bond motifs is 1. The maximum Gasteiger partial charge on any atom is 0.119 e. The molecule has 1 aromatic heterocycles. The van der Waals surface area contributed by atoms with E-state index in [1.807, 2.05) is 36.0 Å². The van der Waals surface area contributed by atoms with Crippen molar-refractivity contribution in [3.05, 3.63) is 30.0 Å². The van der Waals surface area contributed by atoms with Crippen molar-refractivity contribution in [2.24, 2.45) is 7.05 Å². The van der Waals surface area contributed by atoms with E-state index in [9.17, 15) is 0 Å². The highest BCUT2D eigenvalue weighted by Crippen LogP contribution is 2.25. The molecular formula is C12H12N2O. The number of nitrogens with zero attached hydrogens (tertiary/aromatic N) is 2. The summed E-state index contributed by atoms with van der Waals surface area (Å²) in [5, 5.41) is 9.82. The van der Waals surface area contributed by atoms with Gasteiger partial charge in [-0.3, -0.25) is 0 Å². The minimum absolute atomic E-state index is 0.435. The van der Waals surface area contributed by atoms with Gasteiger partial charge in [-0.15, -0.1) is 0 Å². The third kappa shape index (κ3) is 1.55. The molecule has 0 aliphatic carbocycles. The molecule has 0 radical (unpaired) electrons. The number of hydrogen-bond acceptors (Lipinski definition) is 2. The number of benzene rings is 1. The summed E-state index contributed by atoms with van der Waals surface area (Å²) in [5.74, 6) is 0.827. The second-order valence-corrected chi connectivity index (χ2v) is 3.48. The summed E-state index contributed by atoms with van der Waals surface area (Å²) in [5.41, 5.74) is 2.18. The maximum absolute atomic E-state index is 8.72. The Morgan fingerprint density at radius 3 is 2.93 bits per heavy atom. The van der Waals surface area contributed by atoms with Gasteiger partial charge in [-0.2, -0.15) is 5.26 Å². The lowest BCUT2D eigenvalue weighted by atomic mass is 10.1. The van der Waals surface area contributed by atoms with Crippen LogP contribution in [0.3, 0.4) is 0 Å². The number of nitriles is 1. The third-order valence-electron chi connectivity index (χ3n) is 2.55. The van der Waals surface area contributed by atoms with Gasteiger partial charge in [0.1, 0.15) is 5.75 Å². The first-order chi connectivity index (χ1) is 7.26. The SMILES string of the molecule is COc1ccc2c(c1)c(CC#N)cn2C. The lowest BCUT2D eigenvalue weighted by Gasteiger charge is -2.00. The largest absolute Gasteiger partial charge is 0.497 e. The van der Waals surface area contributed by atoms with Crippen molar-refractivity contribution in [2.45, 2.75) is 6.42 Å². The highest BCUT2D eigenvalue weighted by atomic mass is 16.5. The summed E-state index contributed by atoms with van der Waals surface area (Å²) >= 11 is 0. The van der Waals surface area contributed by atoms with Crippen molar-refractivity contribution in [1.82, 2.24) is 4.57 Å². The lowest BCUT2D eigenvalue weighted by molar-refractivity contribution is 0.415. The summed E-state index contributed by atoms with van der Waals surface area (Å²) in [6.07, 6.45) is 2.43. The fourth-order valence-corrected chi connectivity index (χ4v) is 1.81. The Kier molecular flexibility index (Phi) is 2.34. The molecule has 0 spiro atoms. The second kappa shape index (κ2) is 3.66. The molecule has 0 atom stereocenters. The molecule has 1 heterocycles. The van der Waals surface area contributed by atoms with Crippen molar-refractivity contribution in [1.29, 1.82) is 5.26 Å². The smallest absolute Gasteiger partial charge is 0.119 e.